The highest BCUT2D eigenvalue weighted by atomic mass is 35.5. The number of benzene rings is 1. The summed E-state index contributed by atoms with van der Waals surface area (Å²) in [6.45, 7) is 4.19. The Labute approximate surface area is 165 Å². The molecule has 0 saturated carbocycles. The number of halogens is 1. The van der Waals surface area contributed by atoms with Crippen LogP contribution < -0.4 is 15.9 Å². The van der Waals surface area contributed by atoms with Crippen LogP contribution >= 0.6 is 11.6 Å². The number of amides is 1. The van der Waals surface area contributed by atoms with Crippen LogP contribution in [0.1, 0.15) is 5.56 Å². The van der Waals surface area contributed by atoms with Crippen molar-refractivity contribution in [3.05, 3.63) is 51.7 Å². The van der Waals surface area contributed by atoms with Crippen LogP contribution in [-0.2, 0) is 16.1 Å². The van der Waals surface area contributed by atoms with Crippen LogP contribution in [0.3, 0.4) is 0 Å². The third-order valence-corrected chi connectivity index (χ3v) is 4.95. The van der Waals surface area contributed by atoms with E-state index in [9.17, 15) is 9.59 Å². The zero-order valence-electron chi connectivity index (χ0n) is 15.3. The SMILES string of the molecule is Cc1ccc(NC(=O)Cn2nc3c(N4CCOCC4)nccn3c2=O)cc1Cl. The van der Waals surface area contributed by atoms with Gasteiger partial charge < -0.3 is 15.0 Å². The molecule has 0 aliphatic carbocycles. The Morgan fingerprint density at radius 2 is 2.11 bits per heavy atom. The molecule has 2 aromatic heterocycles. The first-order chi connectivity index (χ1) is 13.5. The number of hydrogen-bond acceptors (Lipinski definition) is 6. The molecule has 1 saturated heterocycles. The van der Waals surface area contributed by atoms with Crippen molar-refractivity contribution < 1.29 is 9.53 Å². The lowest BCUT2D eigenvalue weighted by Gasteiger charge is -2.27. The van der Waals surface area contributed by atoms with Crippen molar-refractivity contribution in [3.63, 3.8) is 0 Å². The highest BCUT2D eigenvalue weighted by molar-refractivity contribution is 6.31. The molecule has 1 amide bonds. The van der Waals surface area contributed by atoms with Gasteiger partial charge in [-0.25, -0.2) is 18.9 Å². The van der Waals surface area contributed by atoms with E-state index in [1.165, 1.54) is 4.40 Å². The van der Waals surface area contributed by atoms with Gasteiger partial charge in [-0.1, -0.05) is 17.7 Å². The highest BCUT2D eigenvalue weighted by Crippen LogP contribution is 2.20. The van der Waals surface area contributed by atoms with Crippen LogP contribution in [0.5, 0.6) is 0 Å². The van der Waals surface area contributed by atoms with Gasteiger partial charge in [-0.05, 0) is 24.6 Å². The van der Waals surface area contributed by atoms with Crippen LogP contribution in [0.4, 0.5) is 11.5 Å². The molecule has 1 aromatic carbocycles. The standard InChI is InChI=1S/C18H19ClN6O3/c1-12-2-3-13(10-14(12)19)21-15(26)11-25-18(27)24-5-4-20-16(17(24)22-25)23-6-8-28-9-7-23/h2-5,10H,6-9,11H2,1H3,(H,21,26). The second kappa shape index (κ2) is 7.61. The number of aromatic nitrogens is 4. The van der Waals surface area contributed by atoms with E-state index in [0.717, 1.165) is 10.2 Å². The van der Waals surface area contributed by atoms with Gasteiger partial charge in [0, 0.05) is 36.2 Å². The molecular formula is C18H19ClN6O3. The van der Waals surface area contributed by atoms with Crippen molar-refractivity contribution in [3.8, 4) is 0 Å². The molecule has 0 radical (unpaired) electrons. The van der Waals surface area contributed by atoms with Gasteiger partial charge in [-0.3, -0.25) is 4.79 Å². The minimum Gasteiger partial charge on any atom is -0.378 e. The molecule has 1 aliphatic rings. The Morgan fingerprint density at radius 3 is 2.86 bits per heavy atom. The average molecular weight is 403 g/mol. The van der Waals surface area contributed by atoms with E-state index in [2.05, 4.69) is 15.4 Å². The van der Waals surface area contributed by atoms with Gasteiger partial charge in [-0.2, -0.15) is 0 Å². The van der Waals surface area contributed by atoms with Crippen LogP contribution in [0.2, 0.25) is 5.02 Å². The number of aryl methyl sites for hydroxylation is 1. The molecule has 28 heavy (non-hydrogen) atoms. The van der Waals surface area contributed by atoms with Crippen molar-refractivity contribution in [2.75, 3.05) is 36.5 Å². The zero-order chi connectivity index (χ0) is 19.7. The van der Waals surface area contributed by atoms with Gasteiger partial charge in [-0.15, -0.1) is 5.10 Å². The van der Waals surface area contributed by atoms with E-state index < -0.39 is 5.69 Å². The van der Waals surface area contributed by atoms with Crippen molar-refractivity contribution >= 4 is 34.7 Å². The third-order valence-electron chi connectivity index (χ3n) is 4.54. The summed E-state index contributed by atoms with van der Waals surface area (Å²) in [4.78, 5) is 31.4. The first-order valence-corrected chi connectivity index (χ1v) is 9.23. The monoisotopic (exact) mass is 402 g/mol. The Morgan fingerprint density at radius 1 is 1.32 bits per heavy atom. The minimum atomic E-state index is -0.399. The lowest BCUT2D eigenvalue weighted by Crippen LogP contribution is -2.37. The van der Waals surface area contributed by atoms with Crippen molar-refractivity contribution in [2.45, 2.75) is 13.5 Å². The van der Waals surface area contributed by atoms with Crippen molar-refractivity contribution in [1.82, 2.24) is 19.2 Å². The number of nitrogens with zero attached hydrogens (tertiary/aromatic N) is 5. The smallest absolute Gasteiger partial charge is 0.350 e. The number of morpholine rings is 1. The first-order valence-electron chi connectivity index (χ1n) is 8.86. The number of ether oxygens (including phenoxy) is 1. The maximum Gasteiger partial charge on any atom is 0.350 e. The average Bonchev–Trinajstić information content (AvgIpc) is 3.01. The summed E-state index contributed by atoms with van der Waals surface area (Å²) in [6, 6.07) is 5.24. The molecule has 0 atom stereocenters. The van der Waals surface area contributed by atoms with Crippen molar-refractivity contribution in [2.24, 2.45) is 0 Å². The number of fused-ring (bicyclic) bond motifs is 1. The number of hydrogen-bond donors (Lipinski definition) is 1. The van der Waals surface area contributed by atoms with Crippen LogP contribution in [0.25, 0.3) is 5.65 Å². The predicted molar refractivity (Wildman–Crippen MR) is 105 cm³/mol. The molecule has 3 heterocycles. The second-order valence-corrected chi connectivity index (χ2v) is 6.90. The third kappa shape index (κ3) is 3.58. The Balaban J connectivity index is 1.58. The van der Waals surface area contributed by atoms with Gasteiger partial charge in [0.25, 0.3) is 0 Å². The summed E-state index contributed by atoms with van der Waals surface area (Å²) in [7, 11) is 0. The van der Waals surface area contributed by atoms with E-state index >= 15 is 0 Å². The maximum atomic E-state index is 12.6. The van der Waals surface area contributed by atoms with Gasteiger partial charge in [0.05, 0.1) is 13.2 Å². The van der Waals surface area contributed by atoms with Gasteiger partial charge in [0.1, 0.15) is 6.54 Å². The summed E-state index contributed by atoms with van der Waals surface area (Å²) in [5, 5.41) is 7.63. The van der Waals surface area contributed by atoms with Crippen LogP contribution in [0.15, 0.2) is 35.4 Å². The predicted octanol–water partition coefficient (Wildman–Crippen LogP) is 1.33. The number of nitrogens with one attached hydrogen (secondary N) is 1. The van der Waals surface area contributed by atoms with E-state index in [4.69, 9.17) is 16.3 Å². The molecule has 0 unspecified atom stereocenters. The lowest BCUT2D eigenvalue weighted by atomic mass is 10.2. The highest BCUT2D eigenvalue weighted by Gasteiger charge is 2.20. The molecular weight excluding hydrogens is 384 g/mol. The molecule has 0 spiro atoms. The zero-order valence-corrected chi connectivity index (χ0v) is 16.0. The van der Waals surface area contributed by atoms with Crippen LogP contribution in [0, 0.1) is 6.92 Å². The van der Waals surface area contributed by atoms with Gasteiger partial charge >= 0.3 is 5.69 Å². The fourth-order valence-corrected chi connectivity index (χ4v) is 3.22. The number of anilines is 2. The van der Waals surface area contributed by atoms with Crippen molar-refractivity contribution in [1.29, 1.82) is 0 Å². The molecule has 1 N–H and O–H groups in total. The molecule has 4 rings (SSSR count). The number of rotatable bonds is 4. The Hall–Kier alpha value is -2.91. The van der Waals surface area contributed by atoms with Gasteiger partial charge in [0.2, 0.25) is 11.6 Å². The summed E-state index contributed by atoms with van der Waals surface area (Å²) in [5.74, 6) is 0.235. The minimum absolute atomic E-state index is 0.214. The molecule has 3 aromatic rings. The maximum absolute atomic E-state index is 12.6. The lowest BCUT2D eigenvalue weighted by molar-refractivity contribution is -0.117. The summed E-state index contributed by atoms with van der Waals surface area (Å²) < 4.78 is 7.89. The summed E-state index contributed by atoms with van der Waals surface area (Å²) in [6.07, 6.45) is 3.10. The second-order valence-electron chi connectivity index (χ2n) is 6.50. The normalized spacial score (nSPS) is 14.4. The molecule has 1 fully saturated rings. The molecule has 146 valence electrons. The molecule has 0 bridgehead atoms. The summed E-state index contributed by atoms with van der Waals surface area (Å²) in [5.41, 5.74) is 1.50. The number of carbonyl (C=O) groups excluding carboxylic acids is 1. The van der Waals surface area contributed by atoms with E-state index in [1.54, 1.807) is 24.5 Å². The number of carbonyl (C=O) groups is 1. The van der Waals surface area contributed by atoms with E-state index in [0.29, 0.717) is 48.5 Å². The molecule has 9 nitrogen and oxygen atoms in total. The molecule has 10 heteroatoms. The summed E-state index contributed by atoms with van der Waals surface area (Å²) >= 11 is 6.08. The van der Waals surface area contributed by atoms with Gasteiger partial charge in [0.15, 0.2) is 5.82 Å². The van der Waals surface area contributed by atoms with Crippen LogP contribution in [-0.4, -0.2) is 51.4 Å². The molecule has 1 aliphatic heterocycles. The fraction of sp³-hybridized carbons (Fsp3) is 0.333. The fourth-order valence-electron chi connectivity index (χ4n) is 3.04. The van der Waals surface area contributed by atoms with E-state index in [1.807, 2.05) is 17.9 Å². The first kappa shape index (κ1) is 18.5. The largest absolute Gasteiger partial charge is 0.378 e. The Bertz CT molecular complexity index is 1090. The Kier molecular flexibility index (Phi) is 5.01. The quantitative estimate of drug-likeness (QED) is 0.707. The topological polar surface area (TPSA) is 93.8 Å². The van der Waals surface area contributed by atoms with E-state index in [-0.39, 0.29) is 12.5 Å².